The number of ether oxygens (including phenoxy) is 2. The number of nitrogens with zero attached hydrogens (tertiary/aromatic N) is 2. The van der Waals surface area contributed by atoms with E-state index in [1.54, 1.807) is 75.4 Å². The maximum Gasteiger partial charge on any atom is 0.421 e. The van der Waals surface area contributed by atoms with Gasteiger partial charge in [0, 0.05) is 0 Å². The summed E-state index contributed by atoms with van der Waals surface area (Å²) >= 11 is 0. The molecule has 36 heavy (non-hydrogen) atoms. The Morgan fingerprint density at radius 2 is 1.56 bits per heavy atom. The highest BCUT2D eigenvalue weighted by Gasteiger charge is 2.72. The molecule has 0 unspecified atom stereocenters. The van der Waals surface area contributed by atoms with Gasteiger partial charge in [-0.1, -0.05) is 42.5 Å². The van der Waals surface area contributed by atoms with Crippen molar-refractivity contribution in [1.29, 1.82) is 0 Å². The number of carbonyl (C=O) groups excluding carboxylic acids is 5. The third-order valence-corrected chi connectivity index (χ3v) is 6.69. The second kappa shape index (κ2) is 7.87. The van der Waals surface area contributed by atoms with Crippen LogP contribution in [0.4, 0.5) is 16.2 Å². The first-order valence-corrected chi connectivity index (χ1v) is 11.4. The fourth-order valence-corrected chi connectivity index (χ4v) is 5.42. The second-order valence-corrected chi connectivity index (χ2v) is 9.87. The Balaban J connectivity index is 1.73. The van der Waals surface area contributed by atoms with Gasteiger partial charge in [-0.2, -0.15) is 0 Å². The summed E-state index contributed by atoms with van der Waals surface area (Å²) in [6, 6.07) is 14.8. The Kier molecular flexibility index (Phi) is 5.13. The van der Waals surface area contributed by atoms with Crippen LogP contribution in [0.25, 0.3) is 0 Å². The first-order valence-electron chi connectivity index (χ1n) is 11.4. The number of hydrogen-bond acceptors (Lipinski definition) is 7. The van der Waals surface area contributed by atoms with Crippen molar-refractivity contribution in [3.8, 4) is 0 Å². The van der Waals surface area contributed by atoms with Crippen molar-refractivity contribution < 1.29 is 33.4 Å². The summed E-state index contributed by atoms with van der Waals surface area (Å²) in [5.41, 5.74) is -2.18. The van der Waals surface area contributed by atoms with Crippen molar-refractivity contribution in [2.24, 2.45) is 11.8 Å². The number of amides is 4. The standard InChI is InChI=1S/C27H24N2O7/c1-26(2,3)36-25(34)29-19-13-9-8-12-17(19)27(24(29)33)18(23(32)35-4)14-16-20(27)22(31)28(21(16)30)15-10-6-5-7-11-15/h5-14,16,20H,1-4H3/t16-,20+,27+/m0/s1. The second-order valence-electron chi connectivity index (χ2n) is 9.87. The highest BCUT2D eigenvalue weighted by atomic mass is 16.6. The van der Waals surface area contributed by atoms with Crippen LogP contribution in [-0.4, -0.2) is 42.5 Å². The molecular weight excluding hydrogens is 464 g/mol. The molecule has 3 aliphatic rings. The molecule has 1 spiro atoms. The third kappa shape index (κ3) is 3.05. The molecule has 0 N–H and O–H groups in total. The van der Waals surface area contributed by atoms with Crippen LogP contribution in [0.2, 0.25) is 0 Å². The molecule has 2 aromatic carbocycles. The van der Waals surface area contributed by atoms with Crippen molar-refractivity contribution in [3.05, 3.63) is 71.8 Å². The first kappa shape index (κ1) is 23.5. The number of carbonyl (C=O) groups is 5. The van der Waals surface area contributed by atoms with Crippen LogP contribution in [-0.2, 0) is 34.1 Å². The van der Waals surface area contributed by atoms with E-state index in [1.165, 1.54) is 6.08 Å². The Labute approximate surface area is 207 Å². The van der Waals surface area contributed by atoms with Gasteiger partial charge in [-0.15, -0.1) is 0 Å². The van der Waals surface area contributed by atoms with E-state index in [0.717, 1.165) is 16.9 Å². The molecule has 3 atom stereocenters. The monoisotopic (exact) mass is 488 g/mol. The summed E-state index contributed by atoms with van der Waals surface area (Å²) in [4.78, 5) is 69.8. The minimum absolute atomic E-state index is 0.141. The normalized spacial score (nSPS) is 24.7. The Morgan fingerprint density at radius 1 is 0.917 bits per heavy atom. The molecule has 184 valence electrons. The van der Waals surface area contributed by atoms with Gasteiger partial charge in [0.15, 0.2) is 0 Å². The fraction of sp³-hybridized carbons (Fsp3) is 0.296. The number of methoxy groups -OCH3 is 1. The van der Waals surface area contributed by atoms with Crippen LogP contribution < -0.4 is 9.80 Å². The lowest BCUT2D eigenvalue weighted by molar-refractivity contribution is -0.139. The van der Waals surface area contributed by atoms with E-state index < -0.39 is 52.6 Å². The van der Waals surface area contributed by atoms with Gasteiger partial charge in [0.1, 0.15) is 11.0 Å². The van der Waals surface area contributed by atoms with Crippen LogP contribution in [0, 0.1) is 11.8 Å². The van der Waals surface area contributed by atoms with E-state index in [-0.39, 0.29) is 16.8 Å². The number of para-hydroxylation sites is 2. The van der Waals surface area contributed by atoms with Gasteiger partial charge in [0.05, 0.1) is 35.9 Å². The van der Waals surface area contributed by atoms with Crippen molar-refractivity contribution in [1.82, 2.24) is 0 Å². The summed E-state index contributed by atoms with van der Waals surface area (Å²) in [5.74, 6) is -5.26. The van der Waals surface area contributed by atoms with E-state index in [0.29, 0.717) is 5.69 Å². The zero-order valence-electron chi connectivity index (χ0n) is 20.2. The summed E-state index contributed by atoms with van der Waals surface area (Å²) < 4.78 is 10.5. The molecule has 0 bridgehead atoms. The zero-order valence-corrected chi connectivity index (χ0v) is 20.2. The highest BCUT2D eigenvalue weighted by Crippen LogP contribution is 2.59. The molecule has 2 aliphatic heterocycles. The maximum absolute atomic E-state index is 14.3. The van der Waals surface area contributed by atoms with Gasteiger partial charge >= 0.3 is 12.1 Å². The summed E-state index contributed by atoms with van der Waals surface area (Å²) in [6.07, 6.45) is 0.397. The van der Waals surface area contributed by atoms with Gasteiger partial charge in [-0.05, 0) is 44.5 Å². The number of hydrogen-bond donors (Lipinski definition) is 0. The van der Waals surface area contributed by atoms with Crippen LogP contribution in [0.15, 0.2) is 66.2 Å². The molecule has 2 heterocycles. The van der Waals surface area contributed by atoms with Crippen LogP contribution in [0.5, 0.6) is 0 Å². The average molecular weight is 488 g/mol. The zero-order chi connectivity index (χ0) is 26.0. The molecule has 0 radical (unpaired) electrons. The predicted octanol–water partition coefficient (Wildman–Crippen LogP) is 3.12. The SMILES string of the molecule is COC(=O)C1=C[C@@H]2C(=O)N(c3ccccc3)C(=O)[C@@H]2[C@]12C(=O)N(C(=O)OC(C)(C)C)c1ccccc12. The molecule has 5 rings (SSSR count). The molecule has 2 aromatic rings. The fourth-order valence-electron chi connectivity index (χ4n) is 5.42. The molecule has 9 nitrogen and oxygen atoms in total. The van der Waals surface area contributed by atoms with Gasteiger partial charge < -0.3 is 9.47 Å². The molecule has 0 aromatic heterocycles. The number of imide groups is 2. The number of esters is 1. The van der Waals surface area contributed by atoms with Crippen molar-refractivity contribution >= 4 is 41.2 Å². The minimum Gasteiger partial charge on any atom is -0.466 e. The lowest BCUT2D eigenvalue weighted by Crippen LogP contribution is -2.52. The summed E-state index contributed by atoms with van der Waals surface area (Å²) in [5, 5.41) is 0. The van der Waals surface area contributed by atoms with E-state index >= 15 is 0 Å². The molecule has 1 saturated heterocycles. The highest BCUT2D eigenvalue weighted by molar-refractivity contribution is 6.32. The quantitative estimate of drug-likeness (QED) is 0.472. The molecule has 4 amide bonds. The Hall–Kier alpha value is -4.27. The third-order valence-electron chi connectivity index (χ3n) is 6.69. The van der Waals surface area contributed by atoms with E-state index in [1.807, 2.05) is 0 Å². The first-order chi connectivity index (χ1) is 17.0. The predicted molar refractivity (Wildman–Crippen MR) is 128 cm³/mol. The molecule has 1 aliphatic carbocycles. The Bertz CT molecular complexity index is 1360. The average Bonchev–Trinajstić information content (AvgIpc) is 3.41. The molecule has 9 heteroatoms. The van der Waals surface area contributed by atoms with Gasteiger partial charge in [0.2, 0.25) is 11.8 Å². The lowest BCUT2D eigenvalue weighted by atomic mass is 9.67. The largest absolute Gasteiger partial charge is 0.466 e. The summed E-state index contributed by atoms with van der Waals surface area (Å²) in [7, 11) is 1.15. The topological polar surface area (TPSA) is 110 Å². The van der Waals surface area contributed by atoms with E-state index in [2.05, 4.69) is 0 Å². The number of anilines is 2. The maximum atomic E-state index is 14.3. The molecule has 1 fully saturated rings. The van der Waals surface area contributed by atoms with Gasteiger partial charge in [-0.3, -0.25) is 14.4 Å². The molecule has 0 saturated carbocycles. The Morgan fingerprint density at radius 3 is 2.19 bits per heavy atom. The molecular formula is C27H24N2O7. The summed E-state index contributed by atoms with van der Waals surface area (Å²) in [6.45, 7) is 4.99. The lowest BCUT2D eigenvalue weighted by Gasteiger charge is -2.31. The number of benzene rings is 2. The smallest absolute Gasteiger partial charge is 0.421 e. The van der Waals surface area contributed by atoms with Crippen molar-refractivity contribution in [3.63, 3.8) is 0 Å². The van der Waals surface area contributed by atoms with Crippen molar-refractivity contribution in [2.75, 3.05) is 16.9 Å². The van der Waals surface area contributed by atoms with Crippen LogP contribution in [0.3, 0.4) is 0 Å². The van der Waals surface area contributed by atoms with Crippen LogP contribution >= 0.6 is 0 Å². The number of fused-ring (bicyclic) bond motifs is 4. The van der Waals surface area contributed by atoms with Crippen molar-refractivity contribution in [2.45, 2.75) is 31.8 Å². The van der Waals surface area contributed by atoms with E-state index in [9.17, 15) is 24.0 Å². The van der Waals surface area contributed by atoms with Crippen LogP contribution in [0.1, 0.15) is 26.3 Å². The van der Waals surface area contributed by atoms with Gasteiger partial charge in [0.25, 0.3) is 5.91 Å². The minimum atomic E-state index is -1.93. The van der Waals surface area contributed by atoms with Gasteiger partial charge in [-0.25, -0.2) is 19.4 Å². The van der Waals surface area contributed by atoms with E-state index in [4.69, 9.17) is 9.47 Å². The number of rotatable bonds is 2.